The van der Waals surface area contributed by atoms with E-state index in [0.717, 1.165) is 0 Å². The summed E-state index contributed by atoms with van der Waals surface area (Å²) < 4.78 is 6.27. The minimum absolute atomic E-state index is 0.138. The van der Waals surface area contributed by atoms with Gasteiger partial charge in [-0.2, -0.15) is 0 Å². The van der Waals surface area contributed by atoms with E-state index >= 15 is 0 Å². The van der Waals surface area contributed by atoms with Crippen LogP contribution in [0.3, 0.4) is 0 Å². The maximum atomic E-state index is 11.7. The molecular formula is C11H10N2O4. The minimum atomic E-state index is -1.16. The van der Waals surface area contributed by atoms with E-state index in [0.29, 0.717) is 11.3 Å². The SMILES string of the molecule is Cc1cccn(Cc2cc(C(=O)O)no2)c1=O. The quantitative estimate of drug-likeness (QED) is 0.852. The van der Waals surface area contributed by atoms with Gasteiger partial charge in [0.15, 0.2) is 11.5 Å². The molecule has 0 radical (unpaired) electrons. The van der Waals surface area contributed by atoms with Crippen molar-refractivity contribution in [3.63, 3.8) is 0 Å². The smallest absolute Gasteiger partial charge is 0.358 e. The van der Waals surface area contributed by atoms with Gasteiger partial charge in [-0.05, 0) is 13.0 Å². The summed E-state index contributed by atoms with van der Waals surface area (Å²) in [7, 11) is 0. The van der Waals surface area contributed by atoms with E-state index in [1.54, 1.807) is 25.3 Å². The summed E-state index contributed by atoms with van der Waals surface area (Å²) in [5.74, 6) is -0.827. The molecule has 0 aliphatic carbocycles. The summed E-state index contributed by atoms with van der Waals surface area (Å²) in [5, 5.41) is 12.0. The first-order chi connectivity index (χ1) is 8.08. The van der Waals surface area contributed by atoms with Crippen molar-refractivity contribution >= 4 is 5.97 Å². The Kier molecular flexibility index (Phi) is 2.78. The predicted molar refractivity (Wildman–Crippen MR) is 58.0 cm³/mol. The van der Waals surface area contributed by atoms with E-state index in [9.17, 15) is 9.59 Å². The van der Waals surface area contributed by atoms with Crippen LogP contribution in [0.25, 0.3) is 0 Å². The third-order valence-electron chi connectivity index (χ3n) is 2.31. The second kappa shape index (κ2) is 4.25. The highest BCUT2D eigenvalue weighted by molar-refractivity contribution is 5.85. The number of carboxylic acid groups (broad SMARTS) is 1. The standard InChI is InChI=1S/C11H10N2O4/c1-7-3-2-4-13(10(7)14)6-8-5-9(11(15)16)12-17-8/h2-5H,6H2,1H3,(H,15,16). The maximum absolute atomic E-state index is 11.7. The molecule has 17 heavy (non-hydrogen) atoms. The third-order valence-corrected chi connectivity index (χ3v) is 2.31. The number of aromatic nitrogens is 2. The van der Waals surface area contributed by atoms with Crippen molar-refractivity contribution in [1.82, 2.24) is 9.72 Å². The number of pyridine rings is 1. The molecule has 0 saturated heterocycles. The summed E-state index contributed by atoms with van der Waals surface area (Å²) in [4.78, 5) is 22.3. The maximum Gasteiger partial charge on any atom is 0.358 e. The number of rotatable bonds is 3. The molecule has 2 aromatic heterocycles. The van der Waals surface area contributed by atoms with Gasteiger partial charge in [-0.3, -0.25) is 4.79 Å². The normalized spacial score (nSPS) is 10.4. The number of hydrogen-bond donors (Lipinski definition) is 1. The van der Waals surface area contributed by atoms with Gasteiger partial charge in [0.05, 0.1) is 6.54 Å². The van der Waals surface area contributed by atoms with E-state index in [-0.39, 0.29) is 17.8 Å². The highest BCUT2D eigenvalue weighted by Gasteiger charge is 2.11. The van der Waals surface area contributed by atoms with Crippen LogP contribution >= 0.6 is 0 Å². The van der Waals surface area contributed by atoms with Crippen LogP contribution in [0.5, 0.6) is 0 Å². The second-order valence-corrected chi connectivity index (χ2v) is 3.61. The van der Waals surface area contributed by atoms with Gasteiger partial charge in [0.1, 0.15) is 0 Å². The second-order valence-electron chi connectivity index (χ2n) is 3.61. The molecule has 0 amide bonds. The Bertz CT molecular complexity index is 612. The van der Waals surface area contributed by atoms with Gasteiger partial charge in [-0.15, -0.1) is 0 Å². The van der Waals surface area contributed by atoms with E-state index in [1.165, 1.54) is 10.6 Å². The molecule has 2 heterocycles. The Labute approximate surface area is 96.1 Å². The first kappa shape index (κ1) is 11.1. The van der Waals surface area contributed by atoms with Crippen LogP contribution < -0.4 is 5.56 Å². The van der Waals surface area contributed by atoms with Crippen molar-refractivity contribution in [2.24, 2.45) is 0 Å². The van der Waals surface area contributed by atoms with E-state index in [1.807, 2.05) is 0 Å². The number of carboxylic acids is 1. The topological polar surface area (TPSA) is 85.3 Å². The van der Waals surface area contributed by atoms with Gasteiger partial charge < -0.3 is 14.2 Å². The molecule has 0 aromatic carbocycles. The molecule has 0 bridgehead atoms. The molecule has 2 rings (SSSR count). The van der Waals surface area contributed by atoms with Crippen molar-refractivity contribution in [3.8, 4) is 0 Å². The zero-order valence-electron chi connectivity index (χ0n) is 9.08. The Morgan fingerprint density at radius 3 is 3.00 bits per heavy atom. The lowest BCUT2D eigenvalue weighted by Gasteiger charge is -2.02. The average Bonchev–Trinajstić information content (AvgIpc) is 2.73. The molecule has 0 spiro atoms. The molecule has 0 saturated carbocycles. The van der Waals surface area contributed by atoms with Crippen LogP contribution in [0.15, 0.2) is 33.7 Å². The largest absolute Gasteiger partial charge is 0.476 e. The lowest BCUT2D eigenvalue weighted by atomic mass is 10.3. The highest BCUT2D eigenvalue weighted by Crippen LogP contribution is 2.05. The van der Waals surface area contributed by atoms with Crippen molar-refractivity contribution in [3.05, 3.63) is 51.8 Å². The Balaban J connectivity index is 2.28. The molecule has 2 aromatic rings. The first-order valence-electron chi connectivity index (χ1n) is 4.93. The minimum Gasteiger partial charge on any atom is -0.476 e. The van der Waals surface area contributed by atoms with Crippen LogP contribution in [0, 0.1) is 6.92 Å². The molecule has 0 fully saturated rings. The van der Waals surface area contributed by atoms with Crippen molar-refractivity contribution in [2.45, 2.75) is 13.5 Å². The summed E-state index contributed by atoms with van der Waals surface area (Å²) in [6.45, 7) is 1.88. The fourth-order valence-electron chi connectivity index (χ4n) is 1.44. The fraction of sp³-hybridized carbons (Fsp3) is 0.182. The predicted octanol–water partition coefficient (Wildman–Crippen LogP) is 0.891. The van der Waals surface area contributed by atoms with Gasteiger partial charge in [-0.25, -0.2) is 4.79 Å². The number of aryl methyl sites for hydroxylation is 1. The summed E-state index contributed by atoms with van der Waals surface area (Å²) in [5.41, 5.74) is 0.312. The molecule has 88 valence electrons. The lowest BCUT2D eigenvalue weighted by molar-refractivity contribution is 0.0685. The van der Waals surface area contributed by atoms with Crippen LogP contribution in [0.4, 0.5) is 0 Å². The summed E-state index contributed by atoms with van der Waals surface area (Å²) in [6.07, 6.45) is 1.61. The fourth-order valence-corrected chi connectivity index (χ4v) is 1.44. The average molecular weight is 234 g/mol. The van der Waals surface area contributed by atoms with Crippen molar-refractivity contribution in [2.75, 3.05) is 0 Å². The molecule has 6 heteroatoms. The Morgan fingerprint density at radius 2 is 2.35 bits per heavy atom. The van der Waals surface area contributed by atoms with E-state index in [4.69, 9.17) is 9.63 Å². The number of aromatic carboxylic acids is 1. The Morgan fingerprint density at radius 1 is 1.59 bits per heavy atom. The molecule has 0 aliphatic heterocycles. The van der Waals surface area contributed by atoms with Crippen LogP contribution in [0.2, 0.25) is 0 Å². The van der Waals surface area contributed by atoms with Gasteiger partial charge in [-0.1, -0.05) is 11.2 Å². The monoisotopic (exact) mass is 234 g/mol. The molecule has 0 unspecified atom stereocenters. The zero-order chi connectivity index (χ0) is 12.4. The zero-order valence-corrected chi connectivity index (χ0v) is 9.08. The Hall–Kier alpha value is -2.37. The van der Waals surface area contributed by atoms with Crippen molar-refractivity contribution in [1.29, 1.82) is 0 Å². The van der Waals surface area contributed by atoms with E-state index < -0.39 is 5.97 Å². The molecule has 0 atom stereocenters. The lowest BCUT2D eigenvalue weighted by Crippen LogP contribution is -2.21. The van der Waals surface area contributed by atoms with Crippen LogP contribution in [-0.4, -0.2) is 20.8 Å². The van der Waals surface area contributed by atoms with E-state index in [2.05, 4.69) is 5.16 Å². The highest BCUT2D eigenvalue weighted by atomic mass is 16.5. The van der Waals surface area contributed by atoms with Gasteiger partial charge in [0.25, 0.3) is 5.56 Å². The van der Waals surface area contributed by atoms with Crippen molar-refractivity contribution < 1.29 is 14.4 Å². The third kappa shape index (κ3) is 2.25. The van der Waals surface area contributed by atoms with Gasteiger partial charge >= 0.3 is 5.97 Å². The van der Waals surface area contributed by atoms with Crippen LogP contribution in [-0.2, 0) is 6.54 Å². The number of nitrogens with zero attached hydrogens (tertiary/aromatic N) is 2. The molecule has 0 aliphatic rings. The molecule has 6 nitrogen and oxygen atoms in total. The first-order valence-corrected chi connectivity index (χ1v) is 4.93. The van der Waals surface area contributed by atoms with Gasteiger partial charge in [0, 0.05) is 17.8 Å². The molecular weight excluding hydrogens is 224 g/mol. The number of hydrogen-bond acceptors (Lipinski definition) is 4. The van der Waals surface area contributed by atoms with Gasteiger partial charge in [0.2, 0.25) is 0 Å². The number of carbonyl (C=O) groups is 1. The molecule has 1 N–H and O–H groups in total. The van der Waals surface area contributed by atoms with Crippen LogP contribution in [0.1, 0.15) is 21.8 Å². The summed E-state index contributed by atoms with van der Waals surface area (Å²) in [6, 6.07) is 4.75. The summed E-state index contributed by atoms with van der Waals surface area (Å²) >= 11 is 0.